The highest BCUT2D eigenvalue weighted by Gasteiger charge is 2.00. The number of H-pyrrole nitrogens is 1. The van der Waals surface area contributed by atoms with Gasteiger partial charge < -0.3 is 0 Å². The molecule has 0 saturated carbocycles. The Kier molecular flexibility index (Phi) is 1.63. The number of nitrogens with zero attached hydrogens (tertiary/aromatic N) is 1. The summed E-state index contributed by atoms with van der Waals surface area (Å²) >= 11 is 2.23. The zero-order chi connectivity index (χ0) is 7.84. The molecule has 0 radical (unpaired) electrons. The van der Waals surface area contributed by atoms with Gasteiger partial charge in [-0.15, -0.1) is 0 Å². The normalized spacial score (nSPS) is 10.6. The van der Waals surface area contributed by atoms with Crippen molar-refractivity contribution in [2.24, 2.45) is 0 Å². The predicted molar refractivity (Wildman–Crippen MR) is 57.0 cm³/mol. The molecule has 1 aromatic heterocycles. The molecule has 0 aliphatic carbocycles. The minimum absolute atomic E-state index is 1.04. The van der Waals surface area contributed by atoms with Crippen molar-refractivity contribution in [3.05, 3.63) is 21.9 Å². The van der Waals surface area contributed by atoms with E-state index in [0.29, 0.717) is 0 Å². The zero-order valence-corrected chi connectivity index (χ0v) is 8.21. The average molecular weight is 256 g/mol. The summed E-state index contributed by atoms with van der Waals surface area (Å²) in [4.78, 5) is 0. The molecule has 1 N–H and O–H groups in total. The number of benzene rings is 1. The lowest BCUT2D eigenvalue weighted by Crippen LogP contribution is -1.99. The monoisotopic (exact) mass is 256 g/mol. The van der Waals surface area contributed by atoms with E-state index in [0.717, 1.165) is 9.22 Å². The van der Waals surface area contributed by atoms with Gasteiger partial charge in [-0.1, -0.05) is 17.6 Å². The second-order valence-electron chi connectivity index (χ2n) is 2.56. The molecular formula is C7H6BIN2. The largest absolute Gasteiger partial charge is 0.277 e. The van der Waals surface area contributed by atoms with Gasteiger partial charge in [0, 0.05) is 5.39 Å². The molecule has 0 fully saturated rings. The maximum absolute atomic E-state index is 4.10. The van der Waals surface area contributed by atoms with Crippen LogP contribution in [0, 0.1) is 3.70 Å². The first-order valence-corrected chi connectivity index (χ1v) is 4.45. The Balaban J connectivity index is 2.87. The van der Waals surface area contributed by atoms with Crippen LogP contribution in [0.25, 0.3) is 10.9 Å². The molecule has 11 heavy (non-hydrogen) atoms. The topological polar surface area (TPSA) is 28.7 Å². The van der Waals surface area contributed by atoms with Crippen LogP contribution >= 0.6 is 22.6 Å². The summed E-state index contributed by atoms with van der Waals surface area (Å²) in [5.41, 5.74) is 2.39. The third kappa shape index (κ3) is 1.15. The summed E-state index contributed by atoms with van der Waals surface area (Å²) in [5.74, 6) is 0. The van der Waals surface area contributed by atoms with E-state index in [9.17, 15) is 0 Å². The smallest absolute Gasteiger partial charge is 0.139 e. The van der Waals surface area contributed by atoms with Crippen molar-refractivity contribution in [3.63, 3.8) is 0 Å². The van der Waals surface area contributed by atoms with Crippen LogP contribution < -0.4 is 5.46 Å². The number of nitrogens with one attached hydrogen (secondary N) is 1. The molecule has 54 valence electrons. The summed E-state index contributed by atoms with van der Waals surface area (Å²) in [6.45, 7) is 0. The van der Waals surface area contributed by atoms with Gasteiger partial charge in [0.1, 0.15) is 11.5 Å². The fourth-order valence-electron chi connectivity index (χ4n) is 1.10. The van der Waals surface area contributed by atoms with E-state index in [-0.39, 0.29) is 0 Å². The van der Waals surface area contributed by atoms with Crippen molar-refractivity contribution < 1.29 is 0 Å². The molecule has 0 spiro atoms. The van der Waals surface area contributed by atoms with Gasteiger partial charge >= 0.3 is 0 Å². The van der Waals surface area contributed by atoms with E-state index in [1.54, 1.807) is 0 Å². The third-order valence-electron chi connectivity index (χ3n) is 1.67. The van der Waals surface area contributed by atoms with Gasteiger partial charge in [0.2, 0.25) is 0 Å². The Labute approximate surface area is 78.9 Å². The van der Waals surface area contributed by atoms with Crippen molar-refractivity contribution >= 4 is 46.8 Å². The van der Waals surface area contributed by atoms with Crippen LogP contribution in [0.1, 0.15) is 0 Å². The molecule has 0 amide bonds. The highest BCUT2D eigenvalue weighted by molar-refractivity contribution is 14.1. The molecule has 2 nitrogen and oxygen atoms in total. The van der Waals surface area contributed by atoms with Gasteiger partial charge in [0.15, 0.2) is 0 Å². The molecule has 0 atom stereocenters. The first-order chi connectivity index (χ1) is 5.27. The number of hydrogen-bond donors (Lipinski definition) is 1. The van der Waals surface area contributed by atoms with Crippen LogP contribution in [0.4, 0.5) is 0 Å². The maximum Gasteiger partial charge on any atom is 0.139 e. The minimum atomic E-state index is 1.04. The highest BCUT2D eigenvalue weighted by Crippen LogP contribution is 2.14. The lowest BCUT2D eigenvalue weighted by Gasteiger charge is -1.90. The Hall–Kier alpha value is -0.515. The summed E-state index contributed by atoms with van der Waals surface area (Å²) in [7, 11) is 2.09. The molecule has 0 saturated heterocycles. The van der Waals surface area contributed by atoms with E-state index in [2.05, 4.69) is 58.8 Å². The quantitative estimate of drug-likeness (QED) is 0.537. The fraction of sp³-hybridized carbons (Fsp3) is 0. The Morgan fingerprint density at radius 2 is 2.27 bits per heavy atom. The van der Waals surface area contributed by atoms with E-state index < -0.39 is 0 Å². The minimum Gasteiger partial charge on any atom is -0.277 e. The van der Waals surface area contributed by atoms with Crippen LogP contribution in [0.5, 0.6) is 0 Å². The summed E-state index contributed by atoms with van der Waals surface area (Å²) in [6, 6.07) is 6.27. The first kappa shape index (κ1) is 7.15. The van der Waals surface area contributed by atoms with E-state index in [1.807, 2.05) is 0 Å². The van der Waals surface area contributed by atoms with Crippen molar-refractivity contribution in [1.29, 1.82) is 0 Å². The molecule has 0 aliphatic rings. The number of rotatable bonds is 0. The first-order valence-electron chi connectivity index (χ1n) is 3.37. The molecule has 1 heterocycles. The Morgan fingerprint density at radius 3 is 3.09 bits per heavy atom. The van der Waals surface area contributed by atoms with Crippen molar-refractivity contribution in [2.75, 3.05) is 0 Å². The molecule has 4 heteroatoms. The van der Waals surface area contributed by atoms with Crippen molar-refractivity contribution in [2.45, 2.75) is 0 Å². The average Bonchev–Trinajstić information content (AvgIpc) is 2.33. The van der Waals surface area contributed by atoms with Crippen molar-refractivity contribution in [1.82, 2.24) is 10.2 Å². The number of fused-ring (bicyclic) bond motifs is 1. The van der Waals surface area contributed by atoms with Gasteiger partial charge in [-0.05, 0) is 28.7 Å². The van der Waals surface area contributed by atoms with Crippen LogP contribution in [0.2, 0.25) is 0 Å². The third-order valence-corrected chi connectivity index (χ3v) is 2.49. The van der Waals surface area contributed by atoms with Gasteiger partial charge in [0.05, 0.1) is 5.52 Å². The molecule has 0 bridgehead atoms. The molecule has 1 aromatic carbocycles. The van der Waals surface area contributed by atoms with Gasteiger partial charge in [-0.3, -0.25) is 5.10 Å². The van der Waals surface area contributed by atoms with E-state index in [4.69, 9.17) is 0 Å². The van der Waals surface area contributed by atoms with Gasteiger partial charge in [-0.25, -0.2) is 0 Å². The number of aromatic nitrogens is 2. The van der Waals surface area contributed by atoms with Crippen molar-refractivity contribution in [3.8, 4) is 0 Å². The molecule has 0 unspecified atom stereocenters. The number of halogens is 1. The SMILES string of the molecule is Bc1ccc2[nH]nc(I)c2c1. The van der Waals surface area contributed by atoms with Gasteiger partial charge in [0.25, 0.3) is 0 Å². The standard InChI is InChI=1S/C7H6BIN2/c8-4-1-2-6-5(3-4)7(9)11-10-6/h1-3H,8H2,(H,10,11). The summed E-state index contributed by atoms with van der Waals surface area (Å²) in [6.07, 6.45) is 0. The predicted octanol–water partition coefficient (Wildman–Crippen LogP) is 0.426. The molecule has 2 rings (SSSR count). The van der Waals surface area contributed by atoms with Gasteiger partial charge in [-0.2, -0.15) is 5.10 Å². The summed E-state index contributed by atoms with van der Waals surface area (Å²) < 4.78 is 1.04. The van der Waals surface area contributed by atoms with Crippen LogP contribution in [0.15, 0.2) is 18.2 Å². The zero-order valence-electron chi connectivity index (χ0n) is 6.06. The maximum atomic E-state index is 4.10. The molecular weight excluding hydrogens is 250 g/mol. The number of hydrogen-bond acceptors (Lipinski definition) is 1. The summed E-state index contributed by atoms with van der Waals surface area (Å²) in [5, 5.41) is 8.27. The van der Waals surface area contributed by atoms with E-state index in [1.165, 1.54) is 10.8 Å². The molecule has 0 aliphatic heterocycles. The van der Waals surface area contributed by atoms with Crippen LogP contribution in [-0.4, -0.2) is 18.0 Å². The lowest BCUT2D eigenvalue weighted by molar-refractivity contribution is 1.09. The molecule has 2 aromatic rings. The second-order valence-corrected chi connectivity index (χ2v) is 3.59. The van der Waals surface area contributed by atoms with E-state index >= 15 is 0 Å². The lowest BCUT2D eigenvalue weighted by atomic mass is 9.95. The second kappa shape index (κ2) is 2.51. The van der Waals surface area contributed by atoms with Crippen LogP contribution in [0.3, 0.4) is 0 Å². The Morgan fingerprint density at radius 1 is 1.45 bits per heavy atom. The Bertz CT molecular complexity index is 396. The highest BCUT2D eigenvalue weighted by atomic mass is 127. The van der Waals surface area contributed by atoms with Crippen LogP contribution in [-0.2, 0) is 0 Å². The fourth-order valence-corrected chi connectivity index (χ4v) is 1.66. The number of aromatic amines is 1.